The molecule has 1 aromatic rings. The van der Waals surface area contributed by atoms with Crippen molar-refractivity contribution in [1.82, 2.24) is 0 Å². The van der Waals surface area contributed by atoms with Crippen LogP contribution in [0.1, 0.15) is 18.1 Å². The molecule has 0 spiro atoms. The van der Waals surface area contributed by atoms with Gasteiger partial charge < -0.3 is 14.6 Å². The second-order valence-electron chi connectivity index (χ2n) is 3.70. The summed E-state index contributed by atoms with van der Waals surface area (Å²) in [7, 11) is 1.25. The van der Waals surface area contributed by atoms with Gasteiger partial charge in [0.1, 0.15) is 5.75 Å². The molecule has 0 aliphatic carbocycles. The molecule has 0 aliphatic rings. The highest BCUT2D eigenvalue weighted by atomic mass is 16.6. The van der Waals surface area contributed by atoms with Crippen LogP contribution < -0.4 is 4.74 Å². The van der Waals surface area contributed by atoms with Crippen LogP contribution >= 0.6 is 0 Å². The third-order valence-corrected chi connectivity index (χ3v) is 2.34. The van der Waals surface area contributed by atoms with Crippen LogP contribution in [-0.4, -0.2) is 24.8 Å². The Bertz CT molecular complexity index is 547. The van der Waals surface area contributed by atoms with Crippen molar-refractivity contribution in [2.75, 3.05) is 13.7 Å². The predicted molar refractivity (Wildman–Crippen MR) is 71.5 cm³/mol. The van der Waals surface area contributed by atoms with Gasteiger partial charge in [0.15, 0.2) is 0 Å². The molecular weight excluding hydrogens is 244 g/mol. The van der Waals surface area contributed by atoms with Gasteiger partial charge in [-0.1, -0.05) is 12.0 Å². The second-order valence-corrected chi connectivity index (χ2v) is 3.70. The van der Waals surface area contributed by atoms with E-state index in [9.17, 15) is 4.79 Å². The summed E-state index contributed by atoms with van der Waals surface area (Å²) in [6.07, 6.45) is 1.25. The summed E-state index contributed by atoms with van der Waals surface area (Å²) in [5.74, 6) is 5.52. The van der Waals surface area contributed by atoms with Crippen molar-refractivity contribution in [2.24, 2.45) is 0 Å². The zero-order valence-corrected chi connectivity index (χ0v) is 11.2. The molecule has 0 saturated carbocycles. The maximum Gasteiger partial charge on any atom is 0.373 e. The third-order valence-electron chi connectivity index (χ3n) is 2.34. The summed E-state index contributed by atoms with van der Waals surface area (Å²) in [6, 6.07) is 5.45. The van der Waals surface area contributed by atoms with E-state index in [-0.39, 0.29) is 12.4 Å². The average molecular weight is 260 g/mol. The average Bonchev–Trinajstić information content (AvgIpc) is 2.41. The summed E-state index contributed by atoms with van der Waals surface area (Å²) in [6.45, 7) is 3.29. The van der Waals surface area contributed by atoms with Crippen molar-refractivity contribution < 1.29 is 19.4 Å². The van der Waals surface area contributed by atoms with Crippen LogP contribution in [0, 0.1) is 18.8 Å². The van der Waals surface area contributed by atoms with Crippen LogP contribution in [0.25, 0.3) is 0 Å². The van der Waals surface area contributed by atoms with E-state index in [1.807, 2.05) is 19.1 Å². The summed E-state index contributed by atoms with van der Waals surface area (Å²) in [4.78, 5) is 11.5. The number of aliphatic hydroxyl groups is 1. The first-order valence-corrected chi connectivity index (χ1v) is 5.73. The normalized spacial score (nSPS) is 10.4. The molecular formula is C15H16O4. The molecule has 0 radical (unpaired) electrons. The van der Waals surface area contributed by atoms with Crippen molar-refractivity contribution in [3.8, 4) is 17.6 Å². The molecule has 4 nitrogen and oxygen atoms in total. The Balaban J connectivity index is 3.07. The molecule has 4 heteroatoms. The zero-order valence-electron chi connectivity index (χ0n) is 11.2. The lowest BCUT2D eigenvalue weighted by Crippen LogP contribution is -2.12. The fourth-order valence-corrected chi connectivity index (χ4v) is 1.40. The van der Waals surface area contributed by atoms with Crippen LogP contribution in [-0.2, 0) is 9.53 Å². The number of hydrogen-bond donors (Lipinski definition) is 1. The minimum atomic E-state index is -0.638. The first-order valence-electron chi connectivity index (χ1n) is 5.73. The van der Waals surface area contributed by atoms with Crippen molar-refractivity contribution in [3.05, 3.63) is 41.2 Å². The molecule has 0 heterocycles. The van der Waals surface area contributed by atoms with Gasteiger partial charge in [0.2, 0.25) is 5.76 Å². The van der Waals surface area contributed by atoms with Gasteiger partial charge in [0, 0.05) is 5.56 Å². The van der Waals surface area contributed by atoms with Crippen molar-refractivity contribution in [3.63, 3.8) is 0 Å². The topological polar surface area (TPSA) is 55.8 Å². The van der Waals surface area contributed by atoms with Crippen LogP contribution in [0.5, 0.6) is 5.75 Å². The molecule has 0 aliphatic heterocycles. The van der Waals surface area contributed by atoms with Crippen LogP contribution in [0.4, 0.5) is 0 Å². The van der Waals surface area contributed by atoms with E-state index >= 15 is 0 Å². The largest absolute Gasteiger partial charge is 0.463 e. The van der Waals surface area contributed by atoms with Gasteiger partial charge in [-0.3, -0.25) is 0 Å². The molecule has 1 rings (SSSR count). The van der Waals surface area contributed by atoms with E-state index in [2.05, 4.69) is 16.6 Å². The monoisotopic (exact) mass is 260 g/mol. The Morgan fingerprint density at radius 3 is 2.79 bits per heavy atom. The molecule has 1 N–H and O–H groups in total. The number of aryl methyl sites for hydroxylation is 1. The number of esters is 1. The molecule has 0 unspecified atom stereocenters. The van der Waals surface area contributed by atoms with Gasteiger partial charge >= 0.3 is 5.97 Å². The number of benzene rings is 1. The van der Waals surface area contributed by atoms with Gasteiger partial charge in [-0.15, -0.1) is 5.92 Å². The lowest BCUT2D eigenvalue weighted by atomic mass is 10.1. The Labute approximate surface area is 112 Å². The predicted octanol–water partition coefficient (Wildman–Crippen LogP) is 1.79. The molecule has 1 aromatic carbocycles. The summed E-state index contributed by atoms with van der Waals surface area (Å²) in [5.41, 5.74) is 1.64. The lowest BCUT2D eigenvalue weighted by Gasteiger charge is -2.10. The number of ether oxygens (including phenoxy) is 2. The fourth-order valence-electron chi connectivity index (χ4n) is 1.40. The van der Waals surface area contributed by atoms with Gasteiger partial charge in [0.05, 0.1) is 13.7 Å². The maximum absolute atomic E-state index is 11.5. The maximum atomic E-state index is 11.5. The minimum absolute atomic E-state index is 0.0466. The van der Waals surface area contributed by atoms with E-state index in [1.165, 1.54) is 13.2 Å². The first kappa shape index (κ1) is 14.8. The highest BCUT2D eigenvalue weighted by Gasteiger charge is 2.13. The fraction of sp³-hybridized carbons (Fsp3) is 0.267. The molecule has 0 bridgehead atoms. The molecule has 0 aromatic heterocycles. The number of hydrogen-bond acceptors (Lipinski definition) is 4. The Morgan fingerprint density at radius 1 is 1.47 bits per heavy atom. The standard InChI is InChI=1S/C15H16O4/c1-4-5-12-7-6-11(2)14(10-12)19-13(8-9-16)15(17)18-3/h6-8,10,16H,9H2,1-3H3/b13-8-. The van der Waals surface area contributed by atoms with Gasteiger partial charge in [-0.05, 0) is 37.6 Å². The van der Waals surface area contributed by atoms with Crippen molar-refractivity contribution >= 4 is 5.97 Å². The SMILES string of the molecule is CC#Cc1ccc(C)c(O/C(=C\CO)C(=O)OC)c1. The van der Waals surface area contributed by atoms with Crippen molar-refractivity contribution in [2.45, 2.75) is 13.8 Å². The number of carbonyl (C=O) groups is 1. The molecule has 0 atom stereocenters. The van der Waals surface area contributed by atoms with Gasteiger partial charge in [0.25, 0.3) is 0 Å². The molecule has 0 saturated heterocycles. The molecule has 100 valence electrons. The quantitative estimate of drug-likeness (QED) is 0.388. The molecule has 0 amide bonds. The summed E-state index contributed by atoms with van der Waals surface area (Å²) < 4.78 is 10.1. The Morgan fingerprint density at radius 2 is 2.21 bits per heavy atom. The van der Waals surface area contributed by atoms with E-state index in [0.29, 0.717) is 5.75 Å². The van der Waals surface area contributed by atoms with E-state index < -0.39 is 5.97 Å². The van der Waals surface area contributed by atoms with E-state index in [4.69, 9.17) is 9.84 Å². The smallest absolute Gasteiger partial charge is 0.373 e. The molecule has 0 fully saturated rings. The number of rotatable bonds is 4. The Kier molecular flexibility index (Phi) is 5.65. The summed E-state index contributed by atoms with van der Waals surface area (Å²) >= 11 is 0. The van der Waals surface area contributed by atoms with Crippen molar-refractivity contribution in [1.29, 1.82) is 0 Å². The summed E-state index contributed by atoms with van der Waals surface area (Å²) in [5, 5.41) is 8.88. The van der Waals surface area contributed by atoms with Gasteiger partial charge in [-0.25, -0.2) is 4.79 Å². The first-order chi connectivity index (χ1) is 9.12. The van der Waals surface area contributed by atoms with Crippen LogP contribution in [0.3, 0.4) is 0 Å². The van der Waals surface area contributed by atoms with E-state index in [1.54, 1.807) is 13.0 Å². The highest BCUT2D eigenvalue weighted by Crippen LogP contribution is 2.22. The zero-order chi connectivity index (χ0) is 14.3. The van der Waals surface area contributed by atoms with E-state index in [0.717, 1.165) is 11.1 Å². The number of carbonyl (C=O) groups excluding carboxylic acids is 1. The van der Waals surface area contributed by atoms with Crippen LogP contribution in [0.15, 0.2) is 30.0 Å². The minimum Gasteiger partial charge on any atom is -0.463 e. The van der Waals surface area contributed by atoms with Crippen LogP contribution in [0.2, 0.25) is 0 Å². The lowest BCUT2D eigenvalue weighted by molar-refractivity contribution is -0.138. The Hall–Kier alpha value is -2.25. The van der Waals surface area contributed by atoms with Gasteiger partial charge in [-0.2, -0.15) is 0 Å². The third kappa shape index (κ3) is 4.16. The number of aliphatic hydroxyl groups excluding tert-OH is 1. The number of methoxy groups -OCH3 is 1. The molecule has 19 heavy (non-hydrogen) atoms. The second kappa shape index (κ2) is 7.24. The highest BCUT2D eigenvalue weighted by molar-refractivity contribution is 5.86.